The number of carbonyl (C=O) groups excluding carboxylic acids is 1. The second kappa shape index (κ2) is 8.82. The van der Waals surface area contributed by atoms with E-state index >= 15 is 0 Å². The average molecular weight is 495 g/mol. The van der Waals surface area contributed by atoms with Crippen LogP contribution in [0.2, 0.25) is 0 Å². The number of para-hydroxylation sites is 1. The number of amides is 1. The first-order chi connectivity index (χ1) is 16.6. The summed E-state index contributed by atoms with van der Waals surface area (Å²) in [6, 6.07) is 15.2. The number of nitrogens with one attached hydrogen (secondary N) is 2. The summed E-state index contributed by atoms with van der Waals surface area (Å²) in [6.07, 6.45) is 3.84. The number of rotatable bonds is 6. The van der Waals surface area contributed by atoms with Crippen LogP contribution in [0.25, 0.3) is 0 Å². The Morgan fingerprint density at radius 2 is 1.91 bits per heavy atom. The molecular formula is C26H26N2O4S2. The Balaban J connectivity index is 1.25. The minimum absolute atomic E-state index is 0.00656. The SMILES string of the molecule is COc1ccc(NC(=O)COc2ccccc2[C@H]2c3sc(=O)[nH]c3SC3C4CCC(C4)C32)cc1. The van der Waals surface area contributed by atoms with E-state index in [-0.39, 0.29) is 23.3 Å². The molecule has 2 N–H and O–H groups in total. The molecule has 0 radical (unpaired) electrons. The highest BCUT2D eigenvalue weighted by Crippen LogP contribution is 2.64. The molecule has 176 valence electrons. The van der Waals surface area contributed by atoms with Crippen LogP contribution < -0.4 is 19.7 Å². The van der Waals surface area contributed by atoms with Crippen LogP contribution in [0, 0.1) is 17.8 Å². The fourth-order valence-corrected chi connectivity index (χ4v) is 8.97. The van der Waals surface area contributed by atoms with Gasteiger partial charge < -0.3 is 19.8 Å². The Labute approximate surface area is 206 Å². The van der Waals surface area contributed by atoms with E-state index in [0.717, 1.165) is 32.9 Å². The molecule has 2 bridgehead atoms. The Bertz CT molecular complexity index is 1270. The summed E-state index contributed by atoms with van der Waals surface area (Å²) in [5.74, 6) is 3.27. The third kappa shape index (κ3) is 3.82. The quantitative estimate of drug-likeness (QED) is 0.498. The highest BCUT2D eigenvalue weighted by molar-refractivity contribution is 8.00. The molecule has 0 saturated heterocycles. The fourth-order valence-electron chi connectivity index (χ4n) is 6.08. The molecule has 6 nitrogen and oxygen atoms in total. The highest BCUT2D eigenvalue weighted by atomic mass is 32.2. The van der Waals surface area contributed by atoms with E-state index in [9.17, 15) is 9.59 Å². The van der Waals surface area contributed by atoms with Crippen molar-refractivity contribution in [3.8, 4) is 11.5 Å². The van der Waals surface area contributed by atoms with E-state index in [2.05, 4.69) is 16.4 Å². The average Bonchev–Trinajstić information content (AvgIpc) is 3.56. The summed E-state index contributed by atoms with van der Waals surface area (Å²) in [6.45, 7) is -0.0825. The van der Waals surface area contributed by atoms with Crippen LogP contribution in [0.4, 0.5) is 5.69 Å². The molecule has 1 amide bonds. The lowest BCUT2D eigenvalue weighted by Gasteiger charge is -2.40. The van der Waals surface area contributed by atoms with Gasteiger partial charge in [-0.3, -0.25) is 9.59 Å². The first-order valence-electron chi connectivity index (χ1n) is 11.7. The van der Waals surface area contributed by atoms with Crippen LogP contribution >= 0.6 is 23.1 Å². The van der Waals surface area contributed by atoms with E-state index in [1.807, 2.05) is 30.0 Å². The molecule has 0 spiro atoms. The maximum Gasteiger partial charge on any atom is 0.305 e. The van der Waals surface area contributed by atoms with Gasteiger partial charge in [0, 0.05) is 27.3 Å². The van der Waals surface area contributed by atoms with Crippen molar-refractivity contribution < 1.29 is 14.3 Å². The zero-order chi connectivity index (χ0) is 23.2. The number of methoxy groups -OCH3 is 1. The van der Waals surface area contributed by atoms with E-state index in [4.69, 9.17) is 9.47 Å². The third-order valence-electron chi connectivity index (χ3n) is 7.45. The standard InChI is InChI=1S/C26H26N2O4S2/c1-31-17-10-8-16(9-11-17)27-20(29)13-32-19-5-3-2-4-18(19)22-21-14-6-7-15(12-14)23(21)33-25-24(22)34-26(30)28-25/h2-5,8-11,14-15,21-23H,6-7,12-13H2,1H3,(H,27,29)(H,28,30)/t14?,15?,21?,22-,23?/m1/s1. The minimum atomic E-state index is -0.219. The monoisotopic (exact) mass is 494 g/mol. The van der Waals surface area contributed by atoms with Gasteiger partial charge in [-0.1, -0.05) is 29.5 Å². The molecule has 1 aromatic heterocycles. The molecule has 3 aliphatic rings. The zero-order valence-electron chi connectivity index (χ0n) is 18.8. The number of ether oxygens (including phenoxy) is 2. The molecule has 6 rings (SSSR count). The van der Waals surface area contributed by atoms with Crippen molar-refractivity contribution in [3.63, 3.8) is 0 Å². The van der Waals surface area contributed by atoms with Crippen molar-refractivity contribution in [2.45, 2.75) is 35.5 Å². The molecule has 3 aromatic rings. The second-order valence-corrected chi connectivity index (χ2v) is 11.5. The molecule has 2 heterocycles. The number of anilines is 1. The first kappa shape index (κ1) is 21.8. The molecule has 8 heteroatoms. The number of fused-ring (bicyclic) bond motifs is 6. The summed E-state index contributed by atoms with van der Waals surface area (Å²) in [4.78, 5) is 29.1. The van der Waals surface area contributed by atoms with Gasteiger partial charge in [-0.25, -0.2) is 0 Å². The van der Waals surface area contributed by atoms with Gasteiger partial charge in [-0.15, -0.1) is 11.8 Å². The summed E-state index contributed by atoms with van der Waals surface area (Å²) in [5.41, 5.74) is 1.78. The normalized spacial score (nSPS) is 26.6. The van der Waals surface area contributed by atoms with Crippen molar-refractivity contribution in [2.24, 2.45) is 17.8 Å². The molecule has 2 fully saturated rings. The van der Waals surface area contributed by atoms with E-state index in [1.165, 1.54) is 30.6 Å². The van der Waals surface area contributed by atoms with Gasteiger partial charge in [0.2, 0.25) is 0 Å². The van der Waals surface area contributed by atoms with Crippen molar-refractivity contribution in [1.82, 2.24) is 4.98 Å². The van der Waals surface area contributed by atoms with E-state index in [1.54, 1.807) is 31.4 Å². The largest absolute Gasteiger partial charge is 0.497 e. The second-order valence-electron chi connectivity index (χ2n) is 9.28. The fraction of sp³-hybridized carbons (Fsp3) is 0.385. The Morgan fingerprint density at radius 3 is 2.74 bits per heavy atom. The number of H-pyrrole nitrogens is 1. The number of hydrogen-bond donors (Lipinski definition) is 2. The molecule has 34 heavy (non-hydrogen) atoms. The van der Waals surface area contributed by atoms with Gasteiger partial charge in [-0.05, 0) is 67.3 Å². The van der Waals surface area contributed by atoms with Crippen molar-refractivity contribution >= 4 is 34.7 Å². The molecule has 2 aromatic carbocycles. The van der Waals surface area contributed by atoms with Crippen LogP contribution in [0.5, 0.6) is 11.5 Å². The van der Waals surface area contributed by atoms with Gasteiger partial charge in [0.25, 0.3) is 5.91 Å². The lowest BCUT2D eigenvalue weighted by molar-refractivity contribution is -0.118. The number of thiazole rings is 1. The Hall–Kier alpha value is -2.71. The number of carbonyl (C=O) groups is 1. The summed E-state index contributed by atoms with van der Waals surface area (Å²) >= 11 is 3.21. The van der Waals surface area contributed by atoms with Crippen LogP contribution in [-0.4, -0.2) is 29.9 Å². The van der Waals surface area contributed by atoms with E-state index in [0.29, 0.717) is 22.8 Å². The Morgan fingerprint density at radius 1 is 1.12 bits per heavy atom. The van der Waals surface area contributed by atoms with Crippen LogP contribution in [0.3, 0.4) is 0 Å². The smallest absolute Gasteiger partial charge is 0.305 e. The molecule has 2 saturated carbocycles. The van der Waals surface area contributed by atoms with Gasteiger partial charge in [0.1, 0.15) is 11.5 Å². The first-order valence-corrected chi connectivity index (χ1v) is 13.4. The van der Waals surface area contributed by atoms with Gasteiger partial charge in [-0.2, -0.15) is 0 Å². The summed E-state index contributed by atoms with van der Waals surface area (Å²) in [7, 11) is 1.61. The van der Waals surface area contributed by atoms with Crippen LogP contribution in [0.15, 0.2) is 58.4 Å². The molecule has 1 aliphatic heterocycles. The number of benzene rings is 2. The molecule has 2 aliphatic carbocycles. The van der Waals surface area contributed by atoms with Gasteiger partial charge in [0.05, 0.1) is 12.1 Å². The summed E-state index contributed by atoms with van der Waals surface area (Å²) in [5, 5.41) is 4.44. The number of aromatic amines is 1. The molecule has 5 atom stereocenters. The predicted octanol–water partition coefficient (Wildman–Crippen LogP) is 5.11. The summed E-state index contributed by atoms with van der Waals surface area (Å²) < 4.78 is 11.3. The van der Waals surface area contributed by atoms with Gasteiger partial charge in [0.15, 0.2) is 6.61 Å². The third-order valence-corrected chi connectivity index (χ3v) is 10.1. The predicted molar refractivity (Wildman–Crippen MR) is 134 cm³/mol. The molecule has 4 unspecified atom stereocenters. The van der Waals surface area contributed by atoms with Crippen molar-refractivity contribution in [3.05, 3.63) is 68.6 Å². The Kier molecular flexibility index (Phi) is 5.65. The zero-order valence-corrected chi connectivity index (χ0v) is 20.4. The topological polar surface area (TPSA) is 80.4 Å². The number of aromatic nitrogens is 1. The molecular weight excluding hydrogens is 468 g/mol. The highest BCUT2D eigenvalue weighted by Gasteiger charge is 2.55. The minimum Gasteiger partial charge on any atom is -0.497 e. The van der Waals surface area contributed by atoms with Crippen LogP contribution in [0.1, 0.15) is 35.6 Å². The lowest BCUT2D eigenvalue weighted by atomic mass is 9.74. The maximum absolute atomic E-state index is 12.6. The van der Waals surface area contributed by atoms with Gasteiger partial charge >= 0.3 is 4.87 Å². The van der Waals surface area contributed by atoms with E-state index < -0.39 is 0 Å². The number of hydrogen-bond acceptors (Lipinski definition) is 6. The van der Waals surface area contributed by atoms with Crippen molar-refractivity contribution in [1.29, 1.82) is 0 Å². The van der Waals surface area contributed by atoms with Crippen molar-refractivity contribution in [2.75, 3.05) is 19.0 Å². The van der Waals surface area contributed by atoms with Crippen LogP contribution in [-0.2, 0) is 4.79 Å². The number of thioether (sulfide) groups is 1. The maximum atomic E-state index is 12.6. The lowest BCUT2D eigenvalue weighted by Crippen LogP contribution is -2.34.